The van der Waals surface area contributed by atoms with Crippen LogP contribution in [0.3, 0.4) is 0 Å². The van der Waals surface area contributed by atoms with Crippen molar-refractivity contribution in [2.24, 2.45) is 11.3 Å². The van der Waals surface area contributed by atoms with Gasteiger partial charge in [0.15, 0.2) is 0 Å². The lowest BCUT2D eigenvalue weighted by atomic mass is 9.68. The smallest absolute Gasteiger partial charge is 0.311 e. The van der Waals surface area contributed by atoms with Gasteiger partial charge in [-0.05, 0) is 48.6 Å². The summed E-state index contributed by atoms with van der Waals surface area (Å²) in [5.41, 5.74) is 6.41. The van der Waals surface area contributed by atoms with Gasteiger partial charge in [-0.3, -0.25) is 4.79 Å². The number of hydrogen-bond acceptors (Lipinski definition) is 2. The van der Waals surface area contributed by atoms with Crippen LogP contribution in [0.1, 0.15) is 51.0 Å². The van der Waals surface area contributed by atoms with E-state index in [1.54, 1.807) is 6.07 Å². The monoisotopic (exact) mass is 279 g/mol. The maximum Gasteiger partial charge on any atom is 0.311 e. The second-order valence-electron chi connectivity index (χ2n) is 6.56. The highest BCUT2D eigenvalue weighted by atomic mass is 19.1. The van der Waals surface area contributed by atoms with E-state index < -0.39 is 17.7 Å². The molecule has 1 aromatic rings. The number of hydrogen-bond donors (Lipinski definition) is 2. The Morgan fingerprint density at radius 2 is 2.00 bits per heavy atom. The first-order valence-corrected chi connectivity index (χ1v) is 7.08. The fraction of sp³-hybridized carbons (Fsp3) is 0.562. The zero-order valence-corrected chi connectivity index (χ0v) is 12.0. The second kappa shape index (κ2) is 5.43. The van der Waals surface area contributed by atoms with Crippen LogP contribution in [0.4, 0.5) is 10.1 Å². The van der Waals surface area contributed by atoms with E-state index in [2.05, 4.69) is 13.8 Å². The number of nitrogen functional groups attached to an aromatic ring is 1. The standard InChI is InChI=1S/C16H22FNO2/c1-16(2)8-6-10(7-9-16)13(15(19)20)11-4-3-5-12(17)14(11)18/h3-5,10,13H,6-9,18H2,1-2H3,(H,19,20). The molecule has 0 aromatic heterocycles. The van der Waals surface area contributed by atoms with Crippen LogP contribution < -0.4 is 5.73 Å². The Bertz CT molecular complexity index is 503. The van der Waals surface area contributed by atoms with Gasteiger partial charge in [-0.2, -0.15) is 0 Å². The molecule has 0 spiro atoms. The fourth-order valence-corrected chi connectivity index (χ4v) is 3.17. The molecule has 0 bridgehead atoms. The minimum Gasteiger partial charge on any atom is -0.481 e. The van der Waals surface area contributed by atoms with Gasteiger partial charge >= 0.3 is 5.97 Å². The maximum atomic E-state index is 13.6. The van der Waals surface area contributed by atoms with Gasteiger partial charge in [0.05, 0.1) is 11.6 Å². The number of benzene rings is 1. The Morgan fingerprint density at radius 1 is 1.40 bits per heavy atom. The third kappa shape index (κ3) is 2.94. The van der Waals surface area contributed by atoms with Crippen molar-refractivity contribution in [2.45, 2.75) is 45.4 Å². The summed E-state index contributed by atoms with van der Waals surface area (Å²) >= 11 is 0. The van der Waals surface area contributed by atoms with Crippen molar-refractivity contribution >= 4 is 11.7 Å². The molecule has 0 heterocycles. The summed E-state index contributed by atoms with van der Waals surface area (Å²) < 4.78 is 13.6. The zero-order chi connectivity index (χ0) is 14.9. The first-order valence-electron chi connectivity index (χ1n) is 7.08. The Morgan fingerprint density at radius 3 is 2.55 bits per heavy atom. The van der Waals surface area contributed by atoms with Crippen molar-refractivity contribution in [1.82, 2.24) is 0 Å². The summed E-state index contributed by atoms with van der Waals surface area (Å²) in [5.74, 6) is -2.12. The summed E-state index contributed by atoms with van der Waals surface area (Å²) in [6, 6.07) is 4.43. The van der Waals surface area contributed by atoms with E-state index in [1.165, 1.54) is 12.1 Å². The molecule has 1 fully saturated rings. The van der Waals surface area contributed by atoms with Crippen LogP contribution in [0.25, 0.3) is 0 Å². The molecule has 20 heavy (non-hydrogen) atoms. The van der Waals surface area contributed by atoms with E-state index in [0.717, 1.165) is 25.7 Å². The third-order valence-corrected chi connectivity index (χ3v) is 4.54. The summed E-state index contributed by atoms with van der Waals surface area (Å²) in [6.45, 7) is 4.41. The molecule has 3 nitrogen and oxygen atoms in total. The topological polar surface area (TPSA) is 63.3 Å². The third-order valence-electron chi connectivity index (χ3n) is 4.54. The molecule has 1 aliphatic carbocycles. The summed E-state index contributed by atoms with van der Waals surface area (Å²) in [5, 5.41) is 9.55. The van der Waals surface area contributed by atoms with Crippen LogP contribution in [0, 0.1) is 17.2 Å². The second-order valence-corrected chi connectivity index (χ2v) is 6.56. The van der Waals surface area contributed by atoms with E-state index in [9.17, 15) is 14.3 Å². The lowest BCUT2D eigenvalue weighted by molar-refractivity contribution is -0.140. The van der Waals surface area contributed by atoms with E-state index in [1.807, 2.05) is 0 Å². The number of nitrogens with two attached hydrogens (primary N) is 1. The highest BCUT2D eigenvalue weighted by molar-refractivity contribution is 5.79. The average Bonchev–Trinajstić information content (AvgIpc) is 2.36. The number of anilines is 1. The zero-order valence-electron chi connectivity index (χ0n) is 12.0. The quantitative estimate of drug-likeness (QED) is 0.827. The van der Waals surface area contributed by atoms with Gasteiger partial charge in [-0.15, -0.1) is 0 Å². The first-order chi connectivity index (χ1) is 9.32. The normalized spacial score (nSPS) is 20.6. The van der Waals surface area contributed by atoms with Gasteiger partial charge in [0.1, 0.15) is 5.82 Å². The van der Waals surface area contributed by atoms with E-state index in [0.29, 0.717) is 5.56 Å². The molecule has 4 heteroatoms. The molecular formula is C16H22FNO2. The van der Waals surface area contributed by atoms with Crippen LogP contribution in [0.2, 0.25) is 0 Å². The van der Waals surface area contributed by atoms with Crippen LogP contribution >= 0.6 is 0 Å². The van der Waals surface area contributed by atoms with Gasteiger partial charge < -0.3 is 10.8 Å². The molecule has 1 aromatic carbocycles. The molecule has 2 rings (SSSR count). The van der Waals surface area contributed by atoms with Crippen LogP contribution in [-0.2, 0) is 4.79 Å². The number of carboxylic acid groups (broad SMARTS) is 1. The Labute approximate surface area is 119 Å². The Hall–Kier alpha value is -1.58. The molecule has 0 aliphatic heterocycles. The van der Waals surface area contributed by atoms with Crippen molar-refractivity contribution in [2.75, 3.05) is 5.73 Å². The molecule has 1 aliphatic rings. The molecule has 0 radical (unpaired) electrons. The number of carbonyl (C=O) groups is 1. The number of rotatable bonds is 3. The molecule has 3 N–H and O–H groups in total. The highest BCUT2D eigenvalue weighted by Gasteiger charge is 2.36. The summed E-state index contributed by atoms with van der Waals surface area (Å²) in [6.07, 6.45) is 3.69. The van der Waals surface area contributed by atoms with Crippen molar-refractivity contribution in [3.8, 4) is 0 Å². The Kier molecular flexibility index (Phi) is 4.02. The van der Waals surface area contributed by atoms with E-state index in [4.69, 9.17) is 5.73 Å². The molecule has 1 unspecified atom stereocenters. The molecule has 110 valence electrons. The highest BCUT2D eigenvalue weighted by Crippen LogP contribution is 2.44. The van der Waals surface area contributed by atoms with Gasteiger partial charge in [0.25, 0.3) is 0 Å². The van der Waals surface area contributed by atoms with Gasteiger partial charge in [-0.25, -0.2) is 4.39 Å². The number of aliphatic carboxylic acids is 1. The van der Waals surface area contributed by atoms with Crippen LogP contribution in [-0.4, -0.2) is 11.1 Å². The maximum absolute atomic E-state index is 13.6. The number of halogens is 1. The minimum atomic E-state index is -0.910. The van der Waals surface area contributed by atoms with E-state index >= 15 is 0 Å². The van der Waals surface area contributed by atoms with Crippen molar-refractivity contribution in [3.05, 3.63) is 29.6 Å². The lowest BCUT2D eigenvalue weighted by Crippen LogP contribution is -2.29. The first kappa shape index (κ1) is 14.8. The molecule has 0 amide bonds. The summed E-state index contributed by atoms with van der Waals surface area (Å²) in [7, 11) is 0. The van der Waals surface area contributed by atoms with Gasteiger partial charge in [0, 0.05) is 0 Å². The van der Waals surface area contributed by atoms with Crippen LogP contribution in [0.5, 0.6) is 0 Å². The van der Waals surface area contributed by atoms with E-state index in [-0.39, 0.29) is 17.0 Å². The molecule has 1 atom stereocenters. The fourth-order valence-electron chi connectivity index (χ4n) is 3.17. The van der Waals surface area contributed by atoms with Gasteiger partial charge in [0.2, 0.25) is 0 Å². The minimum absolute atomic E-state index is 0.0234. The number of carboxylic acids is 1. The van der Waals surface area contributed by atoms with Crippen molar-refractivity contribution in [3.63, 3.8) is 0 Å². The average molecular weight is 279 g/mol. The summed E-state index contributed by atoms with van der Waals surface area (Å²) in [4.78, 5) is 11.6. The lowest BCUT2D eigenvalue weighted by Gasteiger charge is -2.37. The van der Waals surface area contributed by atoms with Crippen molar-refractivity contribution in [1.29, 1.82) is 0 Å². The molecule has 0 saturated heterocycles. The molecule has 1 saturated carbocycles. The van der Waals surface area contributed by atoms with Crippen molar-refractivity contribution < 1.29 is 14.3 Å². The number of para-hydroxylation sites is 1. The Balaban J connectivity index is 2.29. The largest absolute Gasteiger partial charge is 0.481 e. The SMILES string of the molecule is CC1(C)CCC(C(C(=O)O)c2cccc(F)c2N)CC1. The molecular weight excluding hydrogens is 257 g/mol. The van der Waals surface area contributed by atoms with Crippen LogP contribution in [0.15, 0.2) is 18.2 Å². The predicted molar refractivity (Wildman–Crippen MR) is 76.9 cm³/mol. The van der Waals surface area contributed by atoms with Gasteiger partial charge in [-0.1, -0.05) is 26.0 Å². The predicted octanol–water partition coefficient (Wildman–Crippen LogP) is 3.79.